The molecule has 0 aliphatic carbocycles. The number of methoxy groups -OCH3 is 1. The topological polar surface area (TPSA) is 126 Å². The molecule has 1 rings (SSSR count). The van der Waals surface area contributed by atoms with Gasteiger partial charge in [0.05, 0.1) is 18.5 Å². The summed E-state index contributed by atoms with van der Waals surface area (Å²) < 4.78 is 90.5. The Balaban J connectivity index is 3.81. The molecule has 1 fully saturated rings. The van der Waals surface area contributed by atoms with Crippen LogP contribution in [0, 0.1) is 0 Å². The van der Waals surface area contributed by atoms with Crippen molar-refractivity contribution in [3.8, 4) is 0 Å². The lowest BCUT2D eigenvalue weighted by Crippen LogP contribution is -2.64. The summed E-state index contributed by atoms with van der Waals surface area (Å²) in [7, 11) is 3.52. The number of halogens is 1. The maximum Gasteiger partial charge on any atom is 0.235 e. The fourth-order valence-electron chi connectivity index (χ4n) is 6.35. The zero-order chi connectivity index (χ0) is 41.4. The third-order valence-electron chi connectivity index (χ3n) is 9.75. The largest absolute Gasteiger partial charge is 0.381 e. The number of hydrogen-bond acceptors (Lipinski definition) is 12. The smallest absolute Gasteiger partial charge is 0.235 e. The first-order valence-corrected chi connectivity index (χ1v) is 24.6. The Kier molecular flexibility index (Phi) is 33.2. The van der Waals surface area contributed by atoms with Crippen LogP contribution in [0.3, 0.4) is 0 Å². The molecule has 12 nitrogen and oxygen atoms in total. The lowest BCUT2D eigenvalue weighted by atomic mass is 9.94. The molecular weight excluding hydrogens is 764 g/mol. The van der Waals surface area contributed by atoms with Crippen LogP contribution in [0.15, 0.2) is 0 Å². The van der Waals surface area contributed by atoms with Gasteiger partial charge in [0.25, 0.3) is 0 Å². The molecule has 1 aliphatic rings. The first-order chi connectivity index (χ1) is 27.2. The minimum atomic E-state index is -3.97. The van der Waals surface area contributed by atoms with E-state index in [0.717, 1.165) is 89.9 Å². The van der Waals surface area contributed by atoms with E-state index in [0.29, 0.717) is 59.3 Å². The van der Waals surface area contributed by atoms with Gasteiger partial charge in [0.15, 0.2) is 6.29 Å². The molecule has 0 saturated carbocycles. The number of unbranched alkanes of at least 4 members (excludes halogenated alkanes) is 7. The highest BCUT2D eigenvalue weighted by Gasteiger charge is 2.51. The van der Waals surface area contributed by atoms with Gasteiger partial charge in [0, 0.05) is 70.6 Å². The van der Waals surface area contributed by atoms with Crippen LogP contribution in [0.25, 0.3) is 0 Å². The molecular formula is C42H83ClO12S. The number of ether oxygens (including phenoxy) is 10. The Labute approximate surface area is 346 Å². The molecule has 0 aromatic carbocycles. The van der Waals surface area contributed by atoms with Gasteiger partial charge in [-0.2, -0.15) is 0 Å². The quantitative estimate of drug-likeness (QED) is 0.0334. The second-order valence-corrected chi connectivity index (χ2v) is 17.6. The third-order valence-corrected chi connectivity index (χ3v) is 10.9. The van der Waals surface area contributed by atoms with Crippen LogP contribution in [0.1, 0.15) is 145 Å². The summed E-state index contributed by atoms with van der Waals surface area (Å²) in [5.41, 5.74) is 0. The summed E-state index contributed by atoms with van der Waals surface area (Å²) in [5, 5.41) is 0. The fraction of sp³-hybridized carbons (Fsp3) is 1.00. The highest BCUT2D eigenvalue weighted by atomic mass is 35.7. The molecule has 56 heavy (non-hydrogen) atoms. The van der Waals surface area contributed by atoms with Gasteiger partial charge >= 0.3 is 0 Å². The fourth-order valence-corrected chi connectivity index (χ4v) is 7.38. The second kappa shape index (κ2) is 34.5. The lowest BCUT2D eigenvalue weighted by Gasteiger charge is -2.47. The molecule has 1 saturated heterocycles. The van der Waals surface area contributed by atoms with E-state index < -0.39 is 63.8 Å². The lowest BCUT2D eigenvalue weighted by molar-refractivity contribution is -0.316. The van der Waals surface area contributed by atoms with Crippen molar-refractivity contribution in [2.75, 3.05) is 72.3 Å². The normalized spacial score (nSPS) is 22.6. The van der Waals surface area contributed by atoms with E-state index in [1.165, 1.54) is 0 Å². The van der Waals surface area contributed by atoms with Crippen molar-refractivity contribution in [2.24, 2.45) is 0 Å². The van der Waals surface area contributed by atoms with Crippen molar-refractivity contribution >= 4 is 19.7 Å². The molecule has 14 heteroatoms. The van der Waals surface area contributed by atoms with E-state index in [9.17, 15) is 8.42 Å². The Morgan fingerprint density at radius 1 is 0.554 bits per heavy atom. The van der Waals surface area contributed by atoms with E-state index in [1.807, 2.05) is 0 Å². The van der Waals surface area contributed by atoms with Crippen LogP contribution < -0.4 is 0 Å². The van der Waals surface area contributed by atoms with E-state index in [-0.39, 0.29) is 12.7 Å². The van der Waals surface area contributed by atoms with Crippen LogP contribution in [0.2, 0.25) is 0 Å². The highest BCUT2D eigenvalue weighted by Crippen LogP contribution is 2.33. The molecule has 0 amide bonds. The predicted octanol–water partition coefficient (Wildman–Crippen LogP) is 8.63. The summed E-state index contributed by atoms with van der Waals surface area (Å²) in [4.78, 5) is 0. The van der Waals surface area contributed by atoms with Gasteiger partial charge < -0.3 is 47.4 Å². The molecule has 0 aromatic heterocycles. The first kappa shape index (κ1) is 53.9. The zero-order valence-corrected chi connectivity index (χ0v) is 38.1. The van der Waals surface area contributed by atoms with Crippen molar-refractivity contribution in [3.63, 3.8) is 0 Å². The number of rotatable bonds is 39. The monoisotopic (exact) mass is 847 g/mol. The molecule has 0 bridgehead atoms. The van der Waals surface area contributed by atoms with Gasteiger partial charge in [-0.15, -0.1) is 0 Å². The van der Waals surface area contributed by atoms with Crippen LogP contribution in [-0.4, -0.2) is 136 Å². The maximum atomic E-state index is 12.6. The summed E-state index contributed by atoms with van der Waals surface area (Å²) in [6.07, 6.45) is 6.87. The molecule has 9 atom stereocenters. The van der Waals surface area contributed by atoms with Crippen LogP contribution in [0.4, 0.5) is 0 Å². The predicted molar refractivity (Wildman–Crippen MR) is 223 cm³/mol. The van der Waals surface area contributed by atoms with Crippen molar-refractivity contribution in [1.82, 2.24) is 0 Å². The van der Waals surface area contributed by atoms with E-state index in [4.69, 9.17) is 58.1 Å². The van der Waals surface area contributed by atoms with Gasteiger partial charge in [-0.25, -0.2) is 8.42 Å². The molecule has 336 valence electrons. The van der Waals surface area contributed by atoms with Gasteiger partial charge in [0.2, 0.25) is 9.05 Å². The average Bonchev–Trinajstić information content (AvgIpc) is 3.17. The molecule has 3 unspecified atom stereocenters. The summed E-state index contributed by atoms with van der Waals surface area (Å²) in [6, 6.07) is 0. The van der Waals surface area contributed by atoms with Crippen LogP contribution in [0.5, 0.6) is 0 Å². The summed E-state index contributed by atoms with van der Waals surface area (Å²) >= 11 is 0. The second-order valence-electron chi connectivity index (χ2n) is 14.8. The van der Waals surface area contributed by atoms with Crippen LogP contribution >= 0.6 is 10.7 Å². The van der Waals surface area contributed by atoms with Gasteiger partial charge in [0.1, 0.15) is 42.7 Å². The van der Waals surface area contributed by atoms with Crippen molar-refractivity contribution < 1.29 is 55.8 Å². The van der Waals surface area contributed by atoms with E-state index >= 15 is 0 Å². The Morgan fingerprint density at radius 3 is 1.57 bits per heavy atom. The van der Waals surface area contributed by atoms with E-state index in [1.54, 1.807) is 7.11 Å². The Morgan fingerprint density at radius 2 is 1.04 bits per heavy atom. The molecule has 1 heterocycles. The van der Waals surface area contributed by atoms with Gasteiger partial charge in [-0.1, -0.05) is 93.4 Å². The number of hydrogen-bond donors (Lipinski definition) is 0. The molecule has 0 aromatic rings. The zero-order valence-electron chi connectivity index (χ0n) is 36.6. The first-order valence-electron chi connectivity index (χ1n) is 22.1. The summed E-state index contributed by atoms with van der Waals surface area (Å²) in [6.45, 7) is 19.1. The summed E-state index contributed by atoms with van der Waals surface area (Å²) in [5.74, 6) is -0.446. The third kappa shape index (κ3) is 23.0. The van der Waals surface area contributed by atoms with Crippen molar-refractivity contribution in [1.29, 1.82) is 0 Å². The van der Waals surface area contributed by atoms with E-state index in [2.05, 4.69) is 48.5 Å². The van der Waals surface area contributed by atoms with Gasteiger partial charge in [-0.05, 0) is 51.4 Å². The highest BCUT2D eigenvalue weighted by molar-refractivity contribution is 8.13. The van der Waals surface area contributed by atoms with Gasteiger partial charge in [-0.3, -0.25) is 0 Å². The van der Waals surface area contributed by atoms with Crippen molar-refractivity contribution in [3.05, 3.63) is 0 Å². The Hall–Kier alpha value is -0.160. The van der Waals surface area contributed by atoms with Crippen LogP contribution in [-0.2, 0) is 56.4 Å². The standard InChI is InChI=1S/C42H83ClO12S/c1-9-16-24-47-31-23-34(49-26-18-11-3)37(50-27-19-12-4)41(53-30-22-15-7)42(46-8)55-39-35(32-48-25-17-10-2)54-36(33-56(43,44)45)38(51-28-20-13-5)40(39)52-29-21-14-6/h34-42H,9-33H2,1-8H3/t34-,35?,36+,37?,38-,39-,40?,41+,42+/m1/s1. The molecule has 1 aliphatic heterocycles. The molecule has 0 N–H and O–H groups in total. The maximum absolute atomic E-state index is 12.6. The Bertz CT molecular complexity index is 995. The SMILES string of the molecule is CCCCOCC[C@@H](OCCCC)C(OCCCC)[C@H](OCCCC)[C@@H](OC)O[C@@H]1C(COCCCC)O[C@@H](CS(=O)(=O)Cl)[C@@H](OCCCC)C1OCCCC. The minimum Gasteiger partial charge on any atom is -0.381 e. The minimum absolute atomic E-state index is 0.144. The molecule has 0 spiro atoms. The average molecular weight is 848 g/mol. The molecule has 0 radical (unpaired) electrons. The van der Waals surface area contributed by atoms with Crippen molar-refractivity contribution in [2.45, 2.75) is 200 Å².